The summed E-state index contributed by atoms with van der Waals surface area (Å²) in [5, 5.41) is 0. The normalized spacial score (nSPS) is 35.1. The van der Waals surface area contributed by atoms with Crippen LogP contribution in [0.5, 0.6) is 0 Å². The second-order valence-corrected chi connectivity index (χ2v) is 14.1. The molecular weight excluding hydrogens is 542 g/mol. The zero-order valence-electron chi connectivity index (χ0n) is 28.6. The Bertz CT molecular complexity index is 1130. The first kappa shape index (κ1) is 31.7. The molecule has 0 saturated heterocycles. The Kier molecular flexibility index (Phi) is 9.50. The van der Waals surface area contributed by atoms with Crippen LogP contribution in [-0.4, -0.2) is 82.3 Å². The van der Waals surface area contributed by atoms with Gasteiger partial charge in [0.2, 0.25) is 0 Å². The van der Waals surface area contributed by atoms with Gasteiger partial charge in [0, 0.05) is 90.8 Å². The Balaban J connectivity index is 0.000000162. The average molecular weight is 600 g/mol. The second-order valence-electron chi connectivity index (χ2n) is 14.1. The van der Waals surface area contributed by atoms with Crippen molar-refractivity contribution in [1.82, 2.24) is 0 Å². The number of hydrogen-bond acceptors (Lipinski definition) is 7. The lowest BCUT2D eigenvalue weighted by Crippen LogP contribution is -2.66. The molecule has 0 fully saturated rings. The Morgan fingerprint density at radius 2 is 0.568 bits per heavy atom. The van der Waals surface area contributed by atoms with Gasteiger partial charge in [0.1, 0.15) is 0 Å². The number of hydrogen-bond donors (Lipinski definition) is 0. The first-order valence-electron chi connectivity index (χ1n) is 18.3. The van der Waals surface area contributed by atoms with Crippen LogP contribution in [0, 0.1) is 11.3 Å². The van der Waals surface area contributed by atoms with Crippen molar-refractivity contribution in [3.8, 4) is 0 Å². The number of aliphatic imine (C=N–C) groups is 7. The summed E-state index contributed by atoms with van der Waals surface area (Å²) in [4.78, 5) is 34.8. The Morgan fingerprint density at radius 1 is 0.386 bits per heavy atom. The van der Waals surface area contributed by atoms with E-state index in [4.69, 9.17) is 34.9 Å². The molecule has 7 unspecified atom stereocenters. The molecule has 7 nitrogen and oxygen atoms in total. The van der Waals surface area contributed by atoms with Crippen LogP contribution < -0.4 is 0 Å². The van der Waals surface area contributed by atoms with Gasteiger partial charge in [-0.1, -0.05) is 48.5 Å². The molecule has 0 spiro atoms. The van der Waals surface area contributed by atoms with E-state index in [0.29, 0.717) is 48.2 Å². The van der Waals surface area contributed by atoms with Gasteiger partial charge in [-0.15, -0.1) is 0 Å². The molecule has 0 saturated carbocycles. The van der Waals surface area contributed by atoms with Crippen molar-refractivity contribution >= 4 is 40.0 Å². The topological polar surface area (TPSA) is 86.5 Å². The Morgan fingerprint density at radius 3 is 0.750 bits per heavy atom. The van der Waals surface area contributed by atoms with Gasteiger partial charge in [-0.25, -0.2) is 0 Å². The standard InChI is InChI=1S/C21H32N4.C16H25N3/c1-5-13-9-17(22-13)21(18-10-14(6-2)23-18,19-11-15(7-3)24-19)20-12-16(8-4)25-20;1-4-10-7-13(17-10)16(14-8-11(5-2)18-14)15-9-12(6-3)19-15/h17-20H,5-12H2,1-4H3;13-16H,4-9H2,1-3H3. The molecule has 0 aliphatic carbocycles. The number of nitrogens with zero attached hydrogens (tertiary/aromatic N) is 7. The summed E-state index contributed by atoms with van der Waals surface area (Å²) in [5.74, 6) is 0.584. The van der Waals surface area contributed by atoms with Crippen molar-refractivity contribution in [1.29, 1.82) is 0 Å². The van der Waals surface area contributed by atoms with E-state index < -0.39 is 0 Å². The van der Waals surface area contributed by atoms with Gasteiger partial charge in [-0.3, -0.25) is 34.9 Å². The van der Waals surface area contributed by atoms with Crippen LogP contribution in [0.15, 0.2) is 34.9 Å². The van der Waals surface area contributed by atoms with Crippen LogP contribution in [0.1, 0.15) is 138 Å². The van der Waals surface area contributed by atoms with Gasteiger partial charge < -0.3 is 0 Å². The molecule has 7 aliphatic rings. The highest BCUT2D eigenvalue weighted by Crippen LogP contribution is 2.55. The highest BCUT2D eigenvalue weighted by molar-refractivity contribution is 5.95. The maximum atomic E-state index is 5.08. The zero-order valence-corrected chi connectivity index (χ0v) is 28.6. The lowest BCUT2D eigenvalue weighted by atomic mass is 9.55. The number of rotatable bonds is 14. The first-order valence-corrected chi connectivity index (χ1v) is 18.3. The van der Waals surface area contributed by atoms with Gasteiger partial charge in [-0.2, -0.15) is 0 Å². The highest BCUT2D eigenvalue weighted by Gasteiger charge is 2.62. The average Bonchev–Trinajstić information content (AvgIpc) is 2.84. The van der Waals surface area contributed by atoms with E-state index in [2.05, 4.69) is 48.5 Å². The molecule has 240 valence electrons. The molecule has 7 atom stereocenters. The summed E-state index contributed by atoms with van der Waals surface area (Å²) in [5.41, 5.74) is 9.76. The van der Waals surface area contributed by atoms with E-state index in [-0.39, 0.29) is 5.41 Å². The molecule has 0 radical (unpaired) electrons. The zero-order chi connectivity index (χ0) is 31.0. The van der Waals surface area contributed by atoms with Crippen molar-refractivity contribution < 1.29 is 0 Å². The van der Waals surface area contributed by atoms with Crippen LogP contribution in [0.3, 0.4) is 0 Å². The maximum Gasteiger partial charge on any atom is 0.0669 e. The minimum atomic E-state index is 0.0503. The van der Waals surface area contributed by atoms with Crippen LogP contribution in [0.4, 0.5) is 0 Å². The SMILES string of the molecule is CCC1=NC(C(C2CC(CC)=N2)(C2CC(CC)=N2)C2CC(CC)=N2)C1.CCC1=NC(C(C2CC(CC)=N2)C2CC(CC)=N2)C1. The summed E-state index contributed by atoms with van der Waals surface area (Å²) in [7, 11) is 0. The monoisotopic (exact) mass is 599 g/mol. The highest BCUT2D eigenvalue weighted by atomic mass is 15.1. The largest absolute Gasteiger partial charge is 0.290 e. The Hall–Kier alpha value is -2.31. The lowest BCUT2D eigenvalue weighted by Gasteiger charge is -2.58. The molecule has 0 aromatic heterocycles. The predicted octanol–water partition coefficient (Wildman–Crippen LogP) is 7.94. The smallest absolute Gasteiger partial charge is 0.0669 e. The molecule has 44 heavy (non-hydrogen) atoms. The molecule has 0 bridgehead atoms. The van der Waals surface area contributed by atoms with Crippen LogP contribution in [-0.2, 0) is 0 Å². The summed E-state index contributed by atoms with van der Waals surface area (Å²) >= 11 is 0. The molecule has 0 amide bonds. The van der Waals surface area contributed by atoms with Crippen molar-refractivity contribution in [2.24, 2.45) is 46.3 Å². The first-order chi connectivity index (χ1) is 21.4. The third-order valence-electron chi connectivity index (χ3n) is 11.9. The summed E-state index contributed by atoms with van der Waals surface area (Å²) in [6.07, 6.45) is 15.9. The van der Waals surface area contributed by atoms with Gasteiger partial charge >= 0.3 is 0 Å². The molecule has 7 aliphatic heterocycles. The van der Waals surface area contributed by atoms with Gasteiger partial charge in [0.25, 0.3) is 0 Å². The fourth-order valence-electron chi connectivity index (χ4n) is 8.68. The van der Waals surface area contributed by atoms with Crippen LogP contribution in [0.25, 0.3) is 0 Å². The quantitative estimate of drug-likeness (QED) is 0.194. The maximum absolute atomic E-state index is 5.08. The van der Waals surface area contributed by atoms with E-state index in [1.807, 2.05) is 0 Å². The van der Waals surface area contributed by atoms with E-state index in [1.165, 1.54) is 59.2 Å². The van der Waals surface area contributed by atoms with E-state index >= 15 is 0 Å². The third kappa shape index (κ3) is 5.53. The summed E-state index contributed by atoms with van der Waals surface area (Å²) in [6.45, 7) is 15.5. The van der Waals surface area contributed by atoms with E-state index in [9.17, 15) is 0 Å². The molecule has 7 heteroatoms. The molecule has 0 aromatic rings. The predicted molar refractivity (Wildman–Crippen MR) is 189 cm³/mol. The fraction of sp³-hybridized carbons (Fsp3) is 0.811. The molecule has 0 N–H and O–H groups in total. The summed E-state index contributed by atoms with van der Waals surface area (Å²) < 4.78 is 0. The van der Waals surface area contributed by atoms with E-state index in [0.717, 1.165) is 70.6 Å². The molecule has 7 heterocycles. The second kappa shape index (κ2) is 13.2. The minimum Gasteiger partial charge on any atom is -0.290 e. The van der Waals surface area contributed by atoms with Crippen molar-refractivity contribution in [2.45, 2.75) is 181 Å². The van der Waals surface area contributed by atoms with Crippen LogP contribution in [0.2, 0.25) is 0 Å². The van der Waals surface area contributed by atoms with Crippen molar-refractivity contribution in [3.63, 3.8) is 0 Å². The van der Waals surface area contributed by atoms with Crippen molar-refractivity contribution in [3.05, 3.63) is 0 Å². The van der Waals surface area contributed by atoms with Gasteiger partial charge in [0.05, 0.1) is 47.7 Å². The van der Waals surface area contributed by atoms with Gasteiger partial charge in [0.15, 0.2) is 0 Å². The molecular formula is C37H57N7. The Labute approximate surface area is 266 Å². The third-order valence-corrected chi connectivity index (χ3v) is 11.9. The summed E-state index contributed by atoms with van der Waals surface area (Å²) in [6, 6.07) is 3.06. The van der Waals surface area contributed by atoms with Crippen molar-refractivity contribution in [2.75, 3.05) is 0 Å². The lowest BCUT2D eigenvalue weighted by molar-refractivity contribution is 0.0721. The minimum absolute atomic E-state index is 0.0503. The molecule has 0 aromatic carbocycles. The fourth-order valence-corrected chi connectivity index (χ4v) is 8.68. The van der Waals surface area contributed by atoms with E-state index in [1.54, 1.807) is 0 Å². The van der Waals surface area contributed by atoms with Gasteiger partial charge in [-0.05, 0) is 44.9 Å². The van der Waals surface area contributed by atoms with Crippen LogP contribution >= 0.6 is 0 Å². The molecule has 7 rings (SSSR count).